The number of hydrogen-bond donors (Lipinski definition) is 1. The molecule has 2 aromatic rings. The zero-order valence-corrected chi connectivity index (χ0v) is 22.5. The van der Waals surface area contributed by atoms with E-state index in [1.165, 1.54) is 14.2 Å². The zero-order valence-electron chi connectivity index (χ0n) is 22.5. The maximum Gasteiger partial charge on any atom is 0.426 e. The van der Waals surface area contributed by atoms with Crippen LogP contribution in [-0.4, -0.2) is 67.5 Å². The molecule has 0 bridgehead atoms. The molecule has 1 N–H and O–H groups in total. The van der Waals surface area contributed by atoms with Gasteiger partial charge in [-0.25, -0.2) is 19.2 Å². The number of carbonyl (C=O) groups is 2. The Kier molecular flexibility index (Phi) is 10.3. The van der Waals surface area contributed by atoms with E-state index < -0.39 is 64.5 Å². The van der Waals surface area contributed by atoms with Crippen molar-refractivity contribution in [3.8, 4) is 17.5 Å². The lowest BCUT2D eigenvalue weighted by molar-refractivity contribution is -0.140. The molecular formula is C26H31F4N3O7. The summed E-state index contributed by atoms with van der Waals surface area (Å²) in [7, 11) is 3.73. The van der Waals surface area contributed by atoms with E-state index in [-0.39, 0.29) is 18.9 Å². The van der Waals surface area contributed by atoms with Crippen molar-refractivity contribution < 1.29 is 51.2 Å². The van der Waals surface area contributed by atoms with Gasteiger partial charge in [-0.2, -0.15) is 13.2 Å². The van der Waals surface area contributed by atoms with Crippen molar-refractivity contribution in [1.29, 1.82) is 0 Å². The van der Waals surface area contributed by atoms with Crippen molar-refractivity contribution in [3.05, 3.63) is 35.4 Å². The molecule has 0 saturated heterocycles. The number of anilines is 1. The summed E-state index contributed by atoms with van der Waals surface area (Å²) in [6.07, 6.45) is -1.61. The zero-order chi connectivity index (χ0) is 29.6. The second-order valence-electron chi connectivity index (χ2n) is 9.50. The largest absolute Gasteiger partial charge is 0.480 e. The molecule has 40 heavy (non-hydrogen) atoms. The van der Waals surface area contributed by atoms with Gasteiger partial charge in [0, 0.05) is 32.3 Å². The normalized spacial score (nSPS) is 17.5. The fourth-order valence-corrected chi connectivity index (χ4v) is 4.71. The van der Waals surface area contributed by atoms with Gasteiger partial charge in [0.1, 0.15) is 6.33 Å². The first kappa shape index (κ1) is 31.0. The van der Waals surface area contributed by atoms with E-state index in [1.807, 2.05) is 0 Å². The number of halogens is 4. The number of benzene rings is 1. The number of carboxylic acid groups (broad SMARTS) is 1. The Morgan fingerprint density at radius 3 is 2.17 bits per heavy atom. The quantitative estimate of drug-likeness (QED) is 0.372. The van der Waals surface area contributed by atoms with E-state index in [1.54, 1.807) is 0 Å². The fraction of sp³-hybridized carbons (Fsp3) is 0.538. The van der Waals surface area contributed by atoms with Crippen molar-refractivity contribution in [1.82, 2.24) is 9.97 Å². The molecule has 1 fully saturated rings. The van der Waals surface area contributed by atoms with Crippen molar-refractivity contribution >= 4 is 17.6 Å². The highest BCUT2D eigenvalue weighted by Gasteiger charge is 2.41. The molecule has 1 amide bonds. The third-order valence-electron chi connectivity index (χ3n) is 6.69. The first-order valence-corrected chi connectivity index (χ1v) is 12.4. The molecule has 1 aromatic carbocycles. The van der Waals surface area contributed by atoms with E-state index in [0.717, 1.165) is 37.2 Å². The molecule has 220 valence electrons. The molecule has 1 aromatic heterocycles. The van der Waals surface area contributed by atoms with Crippen LogP contribution in [0.15, 0.2) is 18.5 Å². The van der Waals surface area contributed by atoms with Crippen LogP contribution in [0.25, 0.3) is 0 Å². The highest BCUT2D eigenvalue weighted by atomic mass is 19.4. The number of rotatable bonds is 11. The molecule has 0 unspecified atom stereocenters. The van der Waals surface area contributed by atoms with E-state index in [0.29, 0.717) is 24.8 Å². The third kappa shape index (κ3) is 6.97. The summed E-state index contributed by atoms with van der Waals surface area (Å²) < 4.78 is 76.9. The first-order valence-electron chi connectivity index (χ1n) is 12.4. The summed E-state index contributed by atoms with van der Waals surface area (Å²) in [5, 5.41) is 10.0. The summed E-state index contributed by atoms with van der Waals surface area (Å²) in [5.41, 5.74) is -2.40. The second-order valence-corrected chi connectivity index (χ2v) is 9.50. The van der Waals surface area contributed by atoms with Crippen LogP contribution in [0.5, 0.6) is 17.5 Å². The van der Waals surface area contributed by atoms with E-state index in [2.05, 4.69) is 21.6 Å². The number of aromatic nitrogens is 2. The minimum absolute atomic E-state index is 0.0582. The monoisotopic (exact) mass is 573 g/mol. The standard InChI is InChI=1S/C26H31F4N3O7/c1-14-5-7-15(8-6-14)24(34)33(16(11-37-2)12-38-3)19-10-18(27)20(9-17(19)25(35)36)40-23-21(26(28,29)30)22(39-4)31-13-32-23/h9-10,13-16H,5-8,11-12H2,1-4H3,(H,35,36). The number of carboxylic acids is 1. The van der Waals surface area contributed by atoms with Gasteiger partial charge in [-0.1, -0.05) is 6.92 Å². The van der Waals surface area contributed by atoms with Gasteiger partial charge in [0.15, 0.2) is 17.1 Å². The fourth-order valence-electron chi connectivity index (χ4n) is 4.71. The van der Waals surface area contributed by atoms with E-state index in [9.17, 15) is 27.9 Å². The Hall–Kier alpha value is -3.52. The van der Waals surface area contributed by atoms with Crippen LogP contribution in [0.2, 0.25) is 0 Å². The smallest absolute Gasteiger partial charge is 0.426 e. The molecular weight excluding hydrogens is 542 g/mol. The van der Waals surface area contributed by atoms with Crippen LogP contribution in [0.1, 0.15) is 48.5 Å². The van der Waals surface area contributed by atoms with Crippen LogP contribution < -0.4 is 14.4 Å². The SMILES string of the molecule is COCC(COC)N(C(=O)C1CCC(C)CC1)c1cc(F)c(Oc2ncnc(OC)c2C(F)(F)F)cc1C(=O)O. The predicted molar refractivity (Wildman–Crippen MR) is 133 cm³/mol. The number of ether oxygens (including phenoxy) is 4. The Morgan fingerprint density at radius 2 is 1.65 bits per heavy atom. The Balaban J connectivity index is 2.14. The van der Waals surface area contributed by atoms with Crippen LogP contribution >= 0.6 is 0 Å². The molecule has 0 aliphatic heterocycles. The van der Waals surface area contributed by atoms with Crippen LogP contribution in [0.3, 0.4) is 0 Å². The van der Waals surface area contributed by atoms with Crippen LogP contribution in [-0.2, 0) is 20.4 Å². The molecule has 1 aliphatic rings. The summed E-state index contributed by atoms with van der Waals surface area (Å²) >= 11 is 0. The lowest BCUT2D eigenvalue weighted by atomic mass is 9.82. The van der Waals surface area contributed by atoms with Gasteiger partial charge in [0.25, 0.3) is 0 Å². The molecule has 10 nitrogen and oxygen atoms in total. The maximum atomic E-state index is 15.5. The highest BCUT2D eigenvalue weighted by Crippen LogP contribution is 2.43. The molecule has 1 saturated carbocycles. The maximum absolute atomic E-state index is 15.5. The van der Waals surface area contributed by atoms with Crippen LogP contribution in [0, 0.1) is 17.7 Å². The average molecular weight is 574 g/mol. The number of aromatic carboxylic acids is 1. The molecule has 1 aliphatic carbocycles. The van der Waals surface area contributed by atoms with Gasteiger partial charge in [0.05, 0.1) is 37.6 Å². The van der Waals surface area contributed by atoms with Gasteiger partial charge in [0.2, 0.25) is 17.7 Å². The lowest BCUT2D eigenvalue weighted by Gasteiger charge is -2.36. The Labute approximate surface area is 228 Å². The number of alkyl halides is 3. The van der Waals surface area contributed by atoms with Gasteiger partial charge in [-0.3, -0.25) is 4.79 Å². The second kappa shape index (κ2) is 13.2. The van der Waals surface area contributed by atoms with Crippen molar-refractivity contribution in [2.24, 2.45) is 11.8 Å². The topological polar surface area (TPSA) is 120 Å². The number of nitrogens with zero attached hydrogens (tertiary/aromatic N) is 3. The summed E-state index contributed by atoms with van der Waals surface area (Å²) in [5.74, 6) is -6.07. The molecule has 14 heteroatoms. The molecule has 0 atom stereocenters. The lowest BCUT2D eigenvalue weighted by Crippen LogP contribution is -2.49. The van der Waals surface area contributed by atoms with Crippen molar-refractivity contribution in [2.75, 3.05) is 39.4 Å². The highest BCUT2D eigenvalue weighted by molar-refractivity contribution is 6.03. The van der Waals surface area contributed by atoms with Crippen molar-refractivity contribution in [2.45, 2.75) is 44.8 Å². The van der Waals surface area contributed by atoms with Gasteiger partial charge >= 0.3 is 12.1 Å². The minimum atomic E-state index is -5.04. The van der Waals surface area contributed by atoms with Crippen LogP contribution in [0.4, 0.5) is 23.2 Å². The first-order chi connectivity index (χ1) is 18.9. The van der Waals surface area contributed by atoms with Gasteiger partial charge in [-0.15, -0.1) is 0 Å². The van der Waals surface area contributed by atoms with E-state index >= 15 is 4.39 Å². The summed E-state index contributed by atoms with van der Waals surface area (Å²) in [4.78, 5) is 34.1. The minimum Gasteiger partial charge on any atom is -0.480 e. The summed E-state index contributed by atoms with van der Waals surface area (Å²) in [6.45, 7) is 1.96. The number of hydrogen-bond acceptors (Lipinski definition) is 8. The number of amides is 1. The Morgan fingerprint density at radius 1 is 1.05 bits per heavy atom. The average Bonchev–Trinajstić information content (AvgIpc) is 2.89. The Bertz CT molecular complexity index is 1200. The molecule has 3 rings (SSSR count). The van der Waals surface area contributed by atoms with Gasteiger partial charge in [-0.05, 0) is 31.6 Å². The number of methoxy groups -OCH3 is 3. The van der Waals surface area contributed by atoms with Gasteiger partial charge < -0.3 is 29.0 Å². The van der Waals surface area contributed by atoms with Crippen molar-refractivity contribution in [3.63, 3.8) is 0 Å². The molecule has 1 heterocycles. The predicted octanol–water partition coefficient (Wildman–Crippen LogP) is 4.95. The molecule has 0 radical (unpaired) electrons. The number of carbonyl (C=O) groups excluding carboxylic acids is 1. The third-order valence-corrected chi connectivity index (χ3v) is 6.69. The molecule has 0 spiro atoms. The van der Waals surface area contributed by atoms with E-state index in [4.69, 9.17) is 14.2 Å². The summed E-state index contributed by atoms with van der Waals surface area (Å²) in [6, 6.07) is 0.627.